The van der Waals surface area contributed by atoms with Crippen molar-refractivity contribution in [3.63, 3.8) is 0 Å². The fourth-order valence-electron chi connectivity index (χ4n) is 0.127. The van der Waals surface area contributed by atoms with Gasteiger partial charge in [0.25, 0.3) is 0 Å². The third kappa shape index (κ3) is 7.26. The molecule has 0 aromatic heterocycles. The van der Waals surface area contributed by atoms with Crippen LogP contribution in [0.4, 0.5) is 0 Å². The second-order valence-electron chi connectivity index (χ2n) is 1.09. The molecule has 46 valence electrons. The molecule has 0 aliphatic rings. The van der Waals surface area contributed by atoms with Gasteiger partial charge in [-0.15, -0.1) is 0 Å². The van der Waals surface area contributed by atoms with Gasteiger partial charge in [0.05, 0.1) is 0 Å². The zero-order chi connectivity index (χ0) is 5.91. The molecule has 0 amide bonds. The van der Waals surface area contributed by atoms with Crippen LogP contribution in [0.3, 0.4) is 0 Å². The number of hydrogen-bond acceptors (Lipinski definition) is 1. The Hall–Kier alpha value is 1.26. The van der Waals surface area contributed by atoms with Gasteiger partial charge in [-0.1, -0.05) is 0 Å². The predicted octanol–water partition coefficient (Wildman–Crippen LogP) is 2.19. The van der Waals surface area contributed by atoms with E-state index in [1.165, 1.54) is 0 Å². The van der Waals surface area contributed by atoms with Crippen molar-refractivity contribution in [3.8, 4) is 0 Å². The summed E-state index contributed by atoms with van der Waals surface area (Å²) >= 11 is 16.0. The molecule has 5 heteroatoms. The summed E-state index contributed by atoms with van der Waals surface area (Å²) in [5.74, 6) is 0. The van der Waals surface area contributed by atoms with E-state index in [0.717, 1.165) is 0 Å². The molecule has 0 aromatic carbocycles. The Morgan fingerprint density at radius 3 is 1.71 bits per heavy atom. The molecule has 0 saturated carbocycles. The molecule has 0 unspecified atom stereocenters. The molecule has 0 aliphatic heterocycles. The predicted molar refractivity (Wildman–Crippen MR) is 37.8 cm³/mol. The molecule has 1 N–H and O–H groups in total. The van der Waals surface area contributed by atoms with E-state index >= 15 is 0 Å². The number of aliphatic hydroxyl groups is 1. The molecule has 0 aromatic rings. The Kier molecular flexibility index (Phi) is 3.92. The minimum absolute atomic E-state index is 0.0251. The van der Waals surface area contributed by atoms with E-state index in [4.69, 9.17) is 38.8 Å². The quantitative estimate of drug-likeness (QED) is 0.651. The minimum atomic E-state index is -2.49. The summed E-state index contributed by atoms with van der Waals surface area (Å²) in [7, 11) is 0. The molecule has 0 fully saturated rings. The van der Waals surface area contributed by atoms with Gasteiger partial charge in [-0.2, -0.15) is 0 Å². The van der Waals surface area contributed by atoms with E-state index in [0.29, 0.717) is 6.16 Å². The first-order valence-corrected chi connectivity index (χ1v) is 6.98. The summed E-state index contributed by atoms with van der Waals surface area (Å²) in [6, 6.07) is 0. The van der Waals surface area contributed by atoms with Gasteiger partial charge >= 0.3 is 56.9 Å². The number of aliphatic hydroxyl groups excluding tert-OH is 1. The SMILES string of the molecule is OCC[PH](Cl)(Cl)Cl. The molecule has 7 heavy (non-hydrogen) atoms. The molecule has 0 heterocycles. The first kappa shape index (κ1) is 8.26. The van der Waals surface area contributed by atoms with Crippen molar-refractivity contribution in [2.75, 3.05) is 12.8 Å². The molecule has 0 spiro atoms. The van der Waals surface area contributed by atoms with Crippen LogP contribution in [0.2, 0.25) is 0 Å². The van der Waals surface area contributed by atoms with Crippen molar-refractivity contribution < 1.29 is 5.11 Å². The van der Waals surface area contributed by atoms with Crippen LogP contribution in [0.15, 0.2) is 0 Å². The molecule has 0 atom stereocenters. The van der Waals surface area contributed by atoms with Crippen LogP contribution >= 0.6 is 39.0 Å². The second-order valence-corrected chi connectivity index (χ2v) is 10.4. The van der Waals surface area contributed by atoms with Crippen LogP contribution in [0.1, 0.15) is 0 Å². The van der Waals surface area contributed by atoms with Crippen LogP contribution in [0.5, 0.6) is 0 Å². The van der Waals surface area contributed by atoms with Crippen LogP contribution < -0.4 is 0 Å². The molecule has 0 rings (SSSR count). The molecule has 1 nitrogen and oxygen atoms in total. The maximum absolute atomic E-state index is 8.18. The molecule has 0 saturated heterocycles. The number of halogens is 3. The van der Waals surface area contributed by atoms with Gasteiger partial charge < -0.3 is 0 Å². The number of hydrogen-bond donors (Lipinski definition) is 1. The Bertz CT molecular complexity index is 51.4. The summed E-state index contributed by atoms with van der Waals surface area (Å²) in [5, 5.41) is 5.69. The standard InChI is InChI=1S/C2H6Cl3OP/c3-7(4,5)2-1-6/h6-7H,1-2H2. The summed E-state index contributed by atoms with van der Waals surface area (Å²) in [6.07, 6.45) is 0.331. The van der Waals surface area contributed by atoms with Gasteiger partial charge in [-0.25, -0.2) is 0 Å². The zero-order valence-electron chi connectivity index (χ0n) is 3.50. The van der Waals surface area contributed by atoms with E-state index in [9.17, 15) is 0 Å². The van der Waals surface area contributed by atoms with E-state index in [1.807, 2.05) is 0 Å². The fraction of sp³-hybridized carbons (Fsp3) is 1.00. The Balaban J connectivity index is 3.15. The van der Waals surface area contributed by atoms with Gasteiger partial charge in [0.2, 0.25) is 0 Å². The third-order valence-electron chi connectivity index (χ3n) is 0.395. The Labute approximate surface area is 57.3 Å². The number of rotatable bonds is 2. The zero-order valence-corrected chi connectivity index (χ0v) is 6.76. The van der Waals surface area contributed by atoms with Crippen LogP contribution in [0.25, 0.3) is 0 Å². The fourth-order valence-corrected chi connectivity index (χ4v) is 1.14. The van der Waals surface area contributed by atoms with E-state index in [2.05, 4.69) is 0 Å². The maximum atomic E-state index is 8.18. The Morgan fingerprint density at radius 1 is 1.29 bits per heavy atom. The van der Waals surface area contributed by atoms with Crippen LogP contribution in [-0.2, 0) is 0 Å². The van der Waals surface area contributed by atoms with Crippen molar-refractivity contribution in [2.24, 2.45) is 0 Å². The normalized spacial score (nSPS) is 14.3. The monoisotopic (exact) mass is 182 g/mol. The summed E-state index contributed by atoms with van der Waals surface area (Å²) in [5.41, 5.74) is 0. The first-order valence-electron chi connectivity index (χ1n) is 1.74. The van der Waals surface area contributed by atoms with Gasteiger partial charge in [-0.05, 0) is 0 Å². The molecular weight excluding hydrogens is 177 g/mol. The molecule has 0 aliphatic carbocycles. The average molecular weight is 183 g/mol. The van der Waals surface area contributed by atoms with Crippen molar-refractivity contribution >= 4 is 39.0 Å². The van der Waals surface area contributed by atoms with Crippen LogP contribution in [0, 0.1) is 0 Å². The van der Waals surface area contributed by atoms with Gasteiger partial charge in [0, 0.05) is 0 Å². The molecular formula is C2H6Cl3OP. The molecule has 0 radical (unpaired) electrons. The van der Waals surface area contributed by atoms with Crippen molar-refractivity contribution in [3.05, 3.63) is 0 Å². The van der Waals surface area contributed by atoms with E-state index in [1.54, 1.807) is 0 Å². The summed E-state index contributed by atoms with van der Waals surface area (Å²) < 4.78 is 0. The first-order chi connectivity index (χ1) is 3.06. The second kappa shape index (κ2) is 3.32. The van der Waals surface area contributed by atoms with Crippen LogP contribution in [-0.4, -0.2) is 17.9 Å². The van der Waals surface area contributed by atoms with E-state index in [-0.39, 0.29) is 6.61 Å². The van der Waals surface area contributed by atoms with Gasteiger partial charge in [0.15, 0.2) is 0 Å². The van der Waals surface area contributed by atoms with Gasteiger partial charge in [-0.3, -0.25) is 0 Å². The Morgan fingerprint density at radius 2 is 1.71 bits per heavy atom. The van der Waals surface area contributed by atoms with Crippen molar-refractivity contribution in [1.29, 1.82) is 0 Å². The summed E-state index contributed by atoms with van der Waals surface area (Å²) in [6.45, 7) is -0.0251. The molecule has 0 bridgehead atoms. The average Bonchev–Trinajstić information content (AvgIpc) is 1.30. The van der Waals surface area contributed by atoms with Crippen molar-refractivity contribution in [1.82, 2.24) is 0 Å². The third-order valence-corrected chi connectivity index (χ3v) is 2.89. The topological polar surface area (TPSA) is 20.2 Å². The van der Waals surface area contributed by atoms with E-state index < -0.39 is 5.32 Å². The summed E-state index contributed by atoms with van der Waals surface area (Å²) in [4.78, 5) is 0. The van der Waals surface area contributed by atoms with Gasteiger partial charge in [0.1, 0.15) is 0 Å². The van der Waals surface area contributed by atoms with Crippen molar-refractivity contribution in [2.45, 2.75) is 0 Å².